The molecule has 0 heterocycles. The van der Waals surface area contributed by atoms with Gasteiger partial charge in [-0.25, -0.2) is 0 Å². The van der Waals surface area contributed by atoms with Crippen molar-refractivity contribution in [3.8, 4) is 0 Å². The third kappa shape index (κ3) is 0.710. The molecule has 0 radical (unpaired) electrons. The van der Waals surface area contributed by atoms with Crippen LogP contribution in [0.1, 0.15) is 26.2 Å². The van der Waals surface area contributed by atoms with E-state index in [-0.39, 0.29) is 0 Å². The first-order valence-electron chi connectivity index (χ1n) is 4.08. The molecule has 2 N–H and O–H groups in total. The smallest absolute Gasteiger partial charge is 0.00727 e. The Morgan fingerprint density at radius 1 is 1.33 bits per heavy atom. The van der Waals surface area contributed by atoms with Crippen LogP contribution in [-0.2, 0) is 0 Å². The van der Waals surface area contributed by atoms with E-state index in [2.05, 4.69) is 6.92 Å². The van der Waals surface area contributed by atoms with Crippen LogP contribution < -0.4 is 5.73 Å². The van der Waals surface area contributed by atoms with Crippen molar-refractivity contribution < 1.29 is 0 Å². The lowest BCUT2D eigenvalue weighted by molar-refractivity contribution is 0.449. The Morgan fingerprint density at radius 2 is 2.11 bits per heavy atom. The summed E-state index contributed by atoms with van der Waals surface area (Å²) in [7, 11) is 0. The van der Waals surface area contributed by atoms with Crippen LogP contribution in [0, 0.1) is 17.8 Å². The Kier molecular flexibility index (Phi) is 1.10. The van der Waals surface area contributed by atoms with Gasteiger partial charge in [0.25, 0.3) is 0 Å². The predicted octanol–water partition coefficient (Wildman–Crippen LogP) is 1.38. The second-order valence-corrected chi connectivity index (χ2v) is 3.63. The molecule has 2 rings (SSSR count). The maximum atomic E-state index is 5.89. The molecule has 0 aliphatic heterocycles. The van der Waals surface area contributed by atoms with Crippen LogP contribution in [0.2, 0.25) is 0 Å². The van der Waals surface area contributed by atoms with Crippen molar-refractivity contribution in [2.45, 2.75) is 32.2 Å². The largest absolute Gasteiger partial charge is 0.327 e. The van der Waals surface area contributed by atoms with Gasteiger partial charge < -0.3 is 5.73 Å². The van der Waals surface area contributed by atoms with E-state index in [1.165, 1.54) is 19.3 Å². The Balaban J connectivity index is 2.00. The summed E-state index contributed by atoms with van der Waals surface area (Å²) in [6, 6.07) is 0.569. The molecule has 4 atom stereocenters. The fourth-order valence-corrected chi connectivity index (χ4v) is 2.44. The molecule has 0 saturated heterocycles. The van der Waals surface area contributed by atoms with Gasteiger partial charge in [0.1, 0.15) is 0 Å². The predicted molar refractivity (Wildman–Crippen MR) is 38.0 cm³/mol. The van der Waals surface area contributed by atoms with E-state index < -0.39 is 0 Å². The van der Waals surface area contributed by atoms with Crippen LogP contribution in [-0.4, -0.2) is 6.04 Å². The molecule has 52 valence electrons. The van der Waals surface area contributed by atoms with Crippen molar-refractivity contribution in [3.05, 3.63) is 0 Å². The van der Waals surface area contributed by atoms with Crippen molar-refractivity contribution in [2.75, 3.05) is 0 Å². The lowest BCUT2D eigenvalue weighted by Gasteiger charge is -2.09. The molecule has 0 aromatic carbocycles. The van der Waals surface area contributed by atoms with Crippen molar-refractivity contribution >= 4 is 0 Å². The minimum Gasteiger partial charge on any atom is -0.327 e. The third-order valence-corrected chi connectivity index (χ3v) is 3.15. The molecule has 2 saturated carbocycles. The molecule has 0 aromatic rings. The Labute approximate surface area is 56.6 Å². The van der Waals surface area contributed by atoms with Crippen LogP contribution >= 0.6 is 0 Å². The van der Waals surface area contributed by atoms with Crippen molar-refractivity contribution in [1.82, 2.24) is 0 Å². The van der Waals surface area contributed by atoms with Gasteiger partial charge in [-0.1, -0.05) is 13.3 Å². The maximum Gasteiger partial charge on any atom is 0.00727 e. The zero-order chi connectivity index (χ0) is 6.43. The lowest BCUT2D eigenvalue weighted by atomic mass is 10.00. The molecule has 2 fully saturated rings. The van der Waals surface area contributed by atoms with E-state index in [4.69, 9.17) is 5.73 Å². The zero-order valence-electron chi connectivity index (χ0n) is 6.01. The van der Waals surface area contributed by atoms with E-state index in [9.17, 15) is 0 Å². The number of rotatable bonds is 1. The lowest BCUT2D eigenvalue weighted by Crippen LogP contribution is -2.19. The van der Waals surface area contributed by atoms with Crippen molar-refractivity contribution in [1.29, 1.82) is 0 Å². The average molecular weight is 125 g/mol. The molecule has 2 aliphatic rings. The summed E-state index contributed by atoms with van der Waals surface area (Å²) >= 11 is 0. The topological polar surface area (TPSA) is 26.0 Å². The van der Waals surface area contributed by atoms with E-state index in [1.54, 1.807) is 0 Å². The van der Waals surface area contributed by atoms with Crippen LogP contribution in [0.4, 0.5) is 0 Å². The van der Waals surface area contributed by atoms with Gasteiger partial charge >= 0.3 is 0 Å². The fraction of sp³-hybridized carbons (Fsp3) is 1.00. The van der Waals surface area contributed by atoms with Gasteiger partial charge in [0, 0.05) is 6.04 Å². The minimum atomic E-state index is 0.569. The van der Waals surface area contributed by atoms with Gasteiger partial charge in [-0.3, -0.25) is 0 Å². The average Bonchev–Trinajstić information content (AvgIpc) is 2.56. The molecule has 0 amide bonds. The molecule has 0 spiro atoms. The second-order valence-electron chi connectivity index (χ2n) is 3.63. The van der Waals surface area contributed by atoms with Gasteiger partial charge in [0.2, 0.25) is 0 Å². The number of nitrogens with two attached hydrogens (primary N) is 1. The molecular formula is C8H15N. The fourth-order valence-electron chi connectivity index (χ4n) is 2.44. The van der Waals surface area contributed by atoms with Crippen LogP contribution in [0.15, 0.2) is 0 Å². The number of hydrogen-bond donors (Lipinski definition) is 1. The number of hydrogen-bond acceptors (Lipinski definition) is 1. The summed E-state index contributed by atoms with van der Waals surface area (Å²) in [6.07, 6.45) is 4.11. The SMILES string of the molecule is CC[C@@H]1CC(N)C2C[C@@H]21. The van der Waals surface area contributed by atoms with Gasteiger partial charge in [0.05, 0.1) is 0 Å². The van der Waals surface area contributed by atoms with Gasteiger partial charge in [0.15, 0.2) is 0 Å². The molecule has 2 unspecified atom stereocenters. The van der Waals surface area contributed by atoms with E-state index >= 15 is 0 Å². The van der Waals surface area contributed by atoms with Crippen LogP contribution in [0.3, 0.4) is 0 Å². The molecule has 0 bridgehead atoms. The van der Waals surface area contributed by atoms with Gasteiger partial charge in [-0.15, -0.1) is 0 Å². The summed E-state index contributed by atoms with van der Waals surface area (Å²) in [6.45, 7) is 2.29. The number of fused-ring (bicyclic) bond motifs is 1. The Bertz CT molecular complexity index is 122. The highest BCUT2D eigenvalue weighted by Crippen LogP contribution is 2.55. The molecule has 1 nitrogen and oxygen atoms in total. The third-order valence-electron chi connectivity index (χ3n) is 3.15. The van der Waals surface area contributed by atoms with Gasteiger partial charge in [-0.2, -0.15) is 0 Å². The standard InChI is InChI=1S/C8H15N/c1-2-5-3-8(9)7-4-6(5)7/h5-8H,2-4,9H2,1H3/t5-,6-,7?,8?/m1/s1. The molecule has 1 heteroatoms. The second kappa shape index (κ2) is 1.72. The molecule has 9 heavy (non-hydrogen) atoms. The highest BCUT2D eigenvalue weighted by Gasteiger charge is 2.51. The van der Waals surface area contributed by atoms with E-state index in [1.807, 2.05) is 0 Å². The normalized spacial score (nSPS) is 55.3. The van der Waals surface area contributed by atoms with Crippen LogP contribution in [0.25, 0.3) is 0 Å². The summed E-state index contributed by atoms with van der Waals surface area (Å²) < 4.78 is 0. The van der Waals surface area contributed by atoms with E-state index in [0.29, 0.717) is 6.04 Å². The zero-order valence-corrected chi connectivity index (χ0v) is 6.01. The Morgan fingerprint density at radius 3 is 2.33 bits per heavy atom. The summed E-state index contributed by atoms with van der Waals surface area (Å²) in [5.74, 6) is 2.98. The molecule has 0 aromatic heterocycles. The van der Waals surface area contributed by atoms with Crippen molar-refractivity contribution in [3.63, 3.8) is 0 Å². The molecule has 2 aliphatic carbocycles. The first-order chi connectivity index (χ1) is 4.33. The highest BCUT2D eigenvalue weighted by atomic mass is 14.8. The highest BCUT2D eigenvalue weighted by molar-refractivity contribution is 5.04. The van der Waals surface area contributed by atoms with Gasteiger partial charge in [-0.05, 0) is 30.6 Å². The molecular weight excluding hydrogens is 110 g/mol. The summed E-state index contributed by atoms with van der Waals surface area (Å²) in [4.78, 5) is 0. The first-order valence-corrected chi connectivity index (χ1v) is 4.08. The quantitative estimate of drug-likeness (QED) is 0.563. The Hall–Kier alpha value is -0.0400. The first kappa shape index (κ1) is 5.72. The minimum absolute atomic E-state index is 0.569. The van der Waals surface area contributed by atoms with Crippen LogP contribution in [0.5, 0.6) is 0 Å². The summed E-state index contributed by atoms with van der Waals surface area (Å²) in [5.41, 5.74) is 5.89. The van der Waals surface area contributed by atoms with Crippen molar-refractivity contribution in [2.24, 2.45) is 23.5 Å². The van der Waals surface area contributed by atoms with E-state index in [0.717, 1.165) is 17.8 Å². The maximum absolute atomic E-state index is 5.89. The summed E-state index contributed by atoms with van der Waals surface area (Å²) in [5, 5.41) is 0. The monoisotopic (exact) mass is 125 g/mol.